The molecule has 0 aliphatic rings. The lowest BCUT2D eigenvalue weighted by Gasteiger charge is -2.00. The second kappa shape index (κ2) is 4.57. The second-order valence-corrected chi connectivity index (χ2v) is 2.79. The molecule has 1 N–H and O–H groups in total. The number of nitrogens with one attached hydrogen (secondary N) is 1. The summed E-state index contributed by atoms with van der Waals surface area (Å²) in [5.41, 5.74) is 0.509. The lowest BCUT2D eigenvalue weighted by atomic mass is 10.3. The fourth-order valence-corrected chi connectivity index (χ4v) is 1.05. The van der Waals surface area contributed by atoms with Gasteiger partial charge in [0.1, 0.15) is 5.82 Å². The topological polar surface area (TPSA) is 12.0 Å². The van der Waals surface area contributed by atoms with Gasteiger partial charge in [-0.1, -0.05) is 15.9 Å². The Morgan fingerprint density at radius 3 is 2.55 bits per heavy atom. The Morgan fingerprint density at radius 2 is 2.09 bits per heavy atom. The Morgan fingerprint density at radius 1 is 1.45 bits per heavy atom. The minimum atomic E-state index is -0.231. The zero-order valence-corrected chi connectivity index (χ0v) is 8.30. The summed E-state index contributed by atoms with van der Waals surface area (Å²) < 4.78 is 13.6. The molecule has 1 aromatic rings. The van der Waals surface area contributed by atoms with Crippen LogP contribution in [0.25, 0.3) is 0 Å². The van der Waals surface area contributed by atoms with Gasteiger partial charge >= 0.3 is 0 Å². The molecule has 0 spiro atoms. The maximum Gasteiger partial charge on any atom is 0.146 e. The molecule has 1 rings (SSSR count). The third kappa shape index (κ3) is 2.67. The van der Waals surface area contributed by atoms with Crippen molar-refractivity contribution in [3.05, 3.63) is 28.5 Å². The maximum absolute atomic E-state index is 12.7. The highest BCUT2D eigenvalue weighted by molar-refractivity contribution is 9.10. The van der Waals surface area contributed by atoms with E-state index in [-0.39, 0.29) is 18.2 Å². The van der Waals surface area contributed by atoms with Crippen LogP contribution >= 0.6 is 28.3 Å². The molecular weight excluding hydrogens is 232 g/mol. The van der Waals surface area contributed by atoms with Gasteiger partial charge in [-0.2, -0.15) is 0 Å². The normalized spacial score (nSPS) is 8.64. The van der Waals surface area contributed by atoms with E-state index in [1.54, 1.807) is 19.2 Å². The fraction of sp³-hybridized carbons (Fsp3) is 0.143. The third-order valence-electron chi connectivity index (χ3n) is 1.20. The van der Waals surface area contributed by atoms with Gasteiger partial charge in [-0.25, -0.2) is 4.39 Å². The van der Waals surface area contributed by atoms with E-state index in [2.05, 4.69) is 21.2 Å². The van der Waals surface area contributed by atoms with Crippen molar-refractivity contribution in [2.45, 2.75) is 0 Å². The van der Waals surface area contributed by atoms with E-state index in [1.807, 2.05) is 0 Å². The molecule has 0 unspecified atom stereocenters. The highest BCUT2D eigenvalue weighted by Crippen LogP contribution is 2.18. The lowest BCUT2D eigenvalue weighted by Crippen LogP contribution is -1.91. The molecule has 1 nitrogen and oxygen atoms in total. The molecule has 0 bridgehead atoms. The summed E-state index contributed by atoms with van der Waals surface area (Å²) in [6.45, 7) is 0. The Labute approximate surface area is 79.5 Å². The predicted octanol–water partition coefficient (Wildman–Crippen LogP) is 3.05. The largest absolute Gasteiger partial charge is 0.386 e. The van der Waals surface area contributed by atoms with Crippen LogP contribution in [0.5, 0.6) is 0 Å². The van der Waals surface area contributed by atoms with Crippen molar-refractivity contribution in [3.63, 3.8) is 0 Å². The van der Waals surface area contributed by atoms with Crippen LogP contribution in [0.15, 0.2) is 22.7 Å². The van der Waals surface area contributed by atoms with Crippen LogP contribution in [0.4, 0.5) is 10.1 Å². The number of hydrogen-bond acceptors (Lipinski definition) is 1. The van der Waals surface area contributed by atoms with Crippen molar-refractivity contribution in [1.82, 2.24) is 0 Å². The summed E-state index contributed by atoms with van der Waals surface area (Å²) in [6, 6.07) is 4.77. The lowest BCUT2D eigenvalue weighted by molar-refractivity contribution is 0.631. The van der Waals surface area contributed by atoms with Crippen LogP contribution in [0, 0.1) is 5.82 Å². The molecule has 0 amide bonds. The van der Waals surface area contributed by atoms with Gasteiger partial charge in [-0.05, 0) is 18.2 Å². The van der Waals surface area contributed by atoms with Gasteiger partial charge in [0.25, 0.3) is 0 Å². The van der Waals surface area contributed by atoms with E-state index in [1.165, 1.54) is 6.07 Å². The van der Waals surface area contributed by atoms with E-state index in [0.717, 1.165) is 4.47 Å². The summed E-state index contributed by atoms with van der Waals surface area (Å²) in [4.78, 5) is 0. The summed E-state index contributed by atoms with van der Waals surface area (Å²) in [5.74, 6) is -0.231. The van der Waals surface area contributed by atoms with Crippen molar-refractivity contribution in [1.29, 1.82) is 0 Å². The van der Waals surface area contributed by atoms with Crippen LogP contribution in [0.3, 0.4) is 0 Å². The van der Waals surface area contributed by atoms with Gasteiger partial charge < -0.3 is 5.32 Å². The van der Waals surface area contributed by atoms with Crippen molar-refractivity contribution >= 4 is 34.0 Å². The molecule has 0 aliphatic heterocycles. The molecule has 0 saturated carbocycles. The van der Waals surface area contributed by atoms with E-state index < -0.39 is 0 Å². The zero-order chi connectivity index (χ0) is 7.56. The molecule has 1 aromatic carbocycles. The van der Waals surface area contributed by atoms with Crippen LogP contribution in [0.2, 0.25) is 0 Å². The smallest absolute Gasteiger partial charge is 0.146 e. The summed E-state index contributed by atoms with van der Waals surface area (Å²) in [7, 11) is 1.69. The molecule has 0 aliphatic carbocycles. The van der Waals surface area contributed by atoms with E-state index >= 15 is 0 Å². The average molecular weight is 241 g/mol. The molecule has 0 aromatic heterocycles. The van der Waals surface area contributed by atoms with Gasteiger partial charge in [-0.15, -0.1) is 12.4 Å². The van der Waals surface area contributed by atoms with Crippen LogP contribution in [-0.2, 0) is 0 Å². The predicted molar refractivity (Wildman–Crippen MR) is 50.9 cm³/mol. The number of halogens is 3. The first-order chi connectivity index (χ1) is 4.74. The molecule has 62 valence electrons. The van der Waals surface area contributed by atoms with Gasteiger partial charge in [0.15, 0.2) is 0 Å². The Hall–Kier alpha value is -0.280. The van der Waals surface area contributed by atoms with Gasteiger partial charge in [0.2, 0.25) is 0 Å². The minimum absolute atomic E-state index is 0. The first kappa shape index (κ1) is 10.7. The maximum atomic E-state index is 12.7. The zero-order valence-electron chi connectivity index (χ0n) is 5.90. The quantitative estimate of drug-likeness (QED) is 0.795. The standard InChI is InChI=1S/C7H7BrFN.ClH/c1-10-7-4-5(8)2-3-6(7)9;/h2-4,10H,1H3;1H. The van der Waals surface area contributed by atoms with Crippen LogP contribution in [0.1, 0.15) is 0 Å². The fourth-order valence-electron chi connectivity index (χ4n) is 0.689. The summed E-state index contributed by atoms with van der Waals surface area (Å²) in [5, 5.41) is 2.73. The molecule has 11 heavy (non-hydrogen) atoms. The number of hydrogen-bond donors (Lipinski definition) is 1. The summed E-state index contributed by atoms with van der Waals surface area (Å²) in [6.07, 6.45) is 0. The van der Waals surface area contributed by atoms with Crippen LogP contribution in [-0.4, -0.2) is 7.05 Å². The van der Waals surface area contributed by atoms with E-state index in [0.29, 0.717) is 5.69 Å². The highest BCUT2D eigenvalue weighted by Gasteiger charge is 1.97. The molecule has 4 heteroatoms. The number of benzene rings is 1. The first-order valence-corrected chi connectivity index (χ1v) is 3.66. The van der Waals surface area contributed by atoms with Crippen LogP contribution < -0.4 is 5.32 Å². The Balaban J connectivity index is 0.000001000. The van der Waals surface area contributed by atoms with Crippen molar-refractivity contribution < 1.29 is 4.39 Å². The highest BCUT2D eigenvalue weighted by atomic mass is 79.9. The first-order valence-electron chi connectivity index (χ1n) is 2.87. The Kier molecular flexibility index (Phi) is 4.45. The molecule has 0 fully saturated rings. The molecule has 0 radical (unpaired) electrons. The summed E-state index contributed by atoms with van der Waals surface area (Å²) >= 11 is 3.23. The monoisotopic (exact) mass is 239 g/mol. The minimum Gasteiger partial charge on any atom is -0.386 e. The molecule has 0 saturated heterocycles. The Bertz CT molecular complexity index is 242. The average Bonchev–Trinajstić information content (AvgIpc) is 1.94. The SMILES string of the molecule is CNc1cc(Br)ccc1F.Cl. The molecule has 0 atom stereocenters. The van der Waals surface area contributed by atoms with Gasteiger partial charge in [0, 0.05) is 11.5 Å². The number of rotatable bonds is 1. The van der Waals surface area contributed by atoms with Gasteiger partial charge in [0.05, 0.1) is 5.69 Å². The van der Waals surface area contributed by atoms with E-state index in [4.69, 9.17) is 0 Å². The molecule has 0 heterocycles. The van der Waals surface area contributed by atoms with Crippen molar-refractivity contribution in [2.24, 2.45) is 0 Å². The van der Waals surface area contributed by atoms with Crippen molar-refractivity contribution in [3.8, 4) is 0 Å². The number of anilines is 1. The van der Waals surface area contributed by atoms with Crippen molar-refractivity contribution in [2.75, 3.05) is 12.4 Å². The van der Waals surface area contributed by atoms with Gasteiger partial charge in [-0.3, -0.25) is 0 Å². The van der Waals surface area contributed by atoms with E-state index in [9.17, 15) is 4.39 Å². The molecular formula is C7H8BrClFN. The third-order valence-corrected chi connectivity index (χ3v) is 1.69. The second-order valence-electron chi connectivity index (χ2n) is 1.87.